The summed E-state index contributed by atoms with van der Waals surface area (Å²) < 4.78 is 43.6. The maximum atomic E-state index is 13.4. The number of fused-ring (bicyclic) bond motifs is 2. The lowest BCUT2D eigenvalue weighted by Gasteiger charge is -2.34. The Balaban J connectivity index is 1.10. The molecule has 4 heterocycles. The molecule has 38 heavy (non-hydrogen) atoms. The van der Waals surface area contributed by atoms with Gasteiger partial charge in [0.15, 0.2) is 11.6 Å². The maximum absolute atomic E-state index is 13.4. The number of hydrogen-bond donors (Lipinski definition) is 1. The summed E-state index contributed by atoms with van der Waals surface area (Å²) in [5.74, 6) is 2.57. The Kier molecular flexibility index (Phi) is 6.00. The predicted molar refractivity (Wildman–Crippen MR) is 131 cm³/mol. The van der Waals surface area contributed by atoms with Gasteiger partial charge in [-0.05, 0) is 44.7 Å². The van der Waals surface area contributed by atoms with Crippen molar-refractivity contribution in [3.05, 3.63) is 53.9 Å². The van der Waals surface area contributed by atoms with Crippen molar-refractivity contribution >= 4 is 22.8 Å². The van der Waals surface area contributed by atoms with Gasteiger partial charge in [0.25, 0.3) is 0 Å². The zero-order valence-electron chi connectivity index (χ0n) is 20.7. The normalized spacial score (nSPS) is 19.9. The second-order valence-electron chi connectivity index (χ2n) is 9.80. The summed E-state index contributed by atoms with van der Waals surface area (Å²) >= 11 is 0. The lowest BCUT2D eigenvalue weighted by atomic mass is 9.85. The van der Waals surface area contributed by atoms with Crippen molar-refractivity contribution < 1.29 is 18.0 Å². The van der Waals surface area contributed by atoms with Crippen molar-refractivity contribution in [2.45, 2.75) is 57.9 Å². The van der Waals surface area contributed by atoms with Crippen LogP contribution in [-0.4, -0.2) is 57.9 Å². The summed E-state index contributed by atoms with van der Waals surface area (Å²) in [6.07, 6.45) is 1.36. The third kappa shape index (κ3) is 4.45. The van der Waals surface area contributed by atoms with E-state index in [9.17, 15) is 18.0 Å². The summed E-state index contributed by atoms with van der Waals surface area (Å²) in [7, 11) is 0. The number of benzene rings is 1. The average molecular weight is 526 g/mol. The topological polar surface area (TPSA) is 107 Å². The Bertz CT molecular complexity index is 1490. The van der Waals surface area contributed by atoms with Gasteiger partial charge in [-0.25, -0.2) is 9.67 Å². The van der Waals surface area contributed by atoms with Crippen LogP contribution >= 0.6 is 0 Å². The summed E-state index contributed by atoms with van der Waals surface area (Å²) in [5, 5.41) is 15.8. The van der Waals surface area contributed by atoms with Gasteiger partial charge in [-0.2, -0.15) is 23.3 Å². The van der Waals surface area contributed by atoms with Crippen molar-refractivity contribution in [1.29, 1.82) is 0 Å². The SMILES string of the molecule is Cc1nnc2n1CCN(C(=O)C1CCC(Nc3nccc(-n4ncc5c(C(F)(F)F)cccc54)n3)CC1)C2. The molecule has 13 heteroatoms. The van der Waals surface area contributed by atoms with Gasteiger partial charge in [0.2, 0.25) is 11.9 Å². The Labute approximate surface area is 215 Å². The van der Waals surface area contributed by atoms with E-state index in [0.29, 0.717) is 36.9 Å². The number of alkyl halides is 3. The van der Waals surface area contributed by atoms with Gasteiger partial charge in [-0.1, -0.05) is 6.07 Å². The molecule has 1 N–H and O–H groups in total. The number of amides is 1. The quantitative estimate of drug-likeness (QED) is 0.433. The molecule has 198 valence electrons. The summed E-state index contributed by atoms with van der Waals surface area (Å²) in [4.78, 5) is 23.8. The molecule has 1 saturated carbocycles. The molecule has 0 spiro atoms. The zero-order valence-corrected chi connectivity index (χ0v) is 20.7. The minimum absolute atomic E-state index is 0.0141. The number of aromatic nitrogens is 7. The fourth-order valence-electron chi connectivity index (χ4n) is 5.43. The van der Waals surface area contributed by atoms with Crippen molar-refractivity contribution in [3.63, 3.8) is 0 Å². The van der Waals surface area contributed by atoms with Crippen LogP contribution in [0.15, 0.2) is 36.7 Å². The minimum Gasteiger partial charge on any atom is -0.351 e. The Hall–Kier alpha value is -4.03. The number of rotatable bonds is 4. The Morgan fingerprint density at radius 3 is 2.68 bits per heavy atom. The number of aryl methyl sites for hydroxylation is 1. The number of carbonyl (C=O) groups is 1. The molecule has 1 fully saturated rings. The van der Waals surface area contributed by atoms with E-state index >= 15 is 0 Å². The van der Waals surface area contributed by atoms with Crippen molar-refractivity contribution in [2.24, 2.45) is 5.92 Å². The molecule has 0 unspecified atom stereocenters. The van der Waals surface area contributed by atoms with Crippen LogP contribution in [0.2, 0.25) is 0 Å². The molecule has 0 radical (unpaired) electrons. The molecular formula is C25H26F3N9O. The third-order valence-corrected chi connectivity index (χ3v) is 7.44. The van der Waals surface area contributed by atoms with E-state index in [0.717, 1.165) is 43.4 Å². The first-order chi connectivity index (χ1) is 18.3. The van der Waals surface area contributed by atoms with Crippen LogP contribution in [0.3, 0.4) is 0 Å². The molecular weight excluding hydrogens is 499 g/mol. The lowest BCUT2D eigenvalue weighted by molar-refractivity contribution is -0.138. The molecule has 0 saturated heterocycles. The molecule has 4 aromatic rings. The van der Waals surface area contributed by atoms with Gasteiger partial charge in [0, 0.05) is 42.7 Å². The van der Waals surface area contributed by atoms with Crippen LogP contribution in [0.4, 0.5) is 19.1 Å². The van der Waals surface area contributed by atoms with E-state index in [4.69, 9.17) is 0 Å². The predicted octanol–water partition coefficient (Wildman–Crippen LogP) is 3.75. The second-order valence-corrected chi connectivity index (χ2v) is 9.80. The summed E-state index contributed by atoms with van der Waals surface area (Å²) in [5.41, 5.74) is -0.420. The van der Waals surface area contributed by atoms with Gasteiger partial charge in [0.05, 0.1) is 23.8 Å². The lowest BCUT2D eigenvalue weighted by Crippen LogP contribution is -2.43. The van der Waals surface area contributed by atoms with Crippen molar-refractivity contribution in [1.82, 2.24) is 39.4 Å². The largest absolute Gasteiger partial charge is 0.417 e. The highest BCUT2D eigenvalue weighted by atomic mass is 19.4. The first kappa shape index (κ1) is 24.3. The highest BCUT2D eigenvalue weighted by molar-refractivity contribution is 5.84. The number of nitrogens with zero attached hydrogens (tertiary/aromatic N) is 8. The Morgan fingerprint density at radius 2 is 1.89 bits per heavy atom. The highest BCUT2D eigenvalue weighted by Crippen LogP contribution is 2.35. The maximum Gasteiger partial charge on any atom is 0.417 e. The first-order valence-corrected chi connectivity index (χ1v) is 12.6. The van der Waals surface area contributed by atoms with Crippen molar-refractivity contribution in [3.8, 4) is 5.82 Å². The van der Waals surface area contributed by atoms with Gasteiger partial charge in [-0.15, -0.1) is 10.2 Å². The van der Waals surface area contributed by atoms with Crippen molar-refractivity contribution in [2.75, 3.05) is 11.9 Å². The fraction of sp³-hybridized carbons (Fsp3) is 0.440. The molecule has 0 bridgehead atoms. The smallest absolute Gasteiger partial charge is 0.351 e. The van der Waals surface area contributed by atoms with Crippen LogP contribution in [0.5, 0.6) is 0 Å². The fourth-order valence-corrected chi connectivity index (χ4v) is 5.43. The van der Waals surface area contributed by atoms with Gasteiger partial charge >= 0.3 is 6.18 Å². The van der Waals surface area contributed by atoms with Gasteiger partial charge in [-0.3, -0.25) is 4.79 Å². The van der Waals surface area contributed by atoms with E-state index in [1.54, 1.807) is 18.3 Å². The molecule has 1 aliphatic carbocycles. The first-order valence-electron chi connectivity index (χ1n) is 12.6. The Morgan fingerprint density at radius 1 is 1.08 bits per heavy atom. The van der Waals surface area contributed by atoms with E-state index in [-0.39, 0.29) is 23.3 Å². The number of nitrogens with one attached hydrogen (secondary N) is 1. The molecule has 1 aliphatic heterocycles. The summed E-state index contributed by atoms with van der Waals surface area (Å²) in [6.45, 7) is 3.79. The number of carbonyl (C=O) groups excluding carboxylic acids is 1. The molecule has 0 atom stereocenters. The minimum atomic E-state index is -4.47. The second kappa shape index (κ2) is 9.37. The number of anilines is 1. The van der Waals surface area contributed by atoms with Gasteiger partial charge < -0.3 is 14.8 Å². The van der Waals surface area contributed by atoms with Crippen LogP contribution in [0, 0.1) is 12.8 Å². The van der Waals surface area contributed by atoms with Crippen LogP contribution in [0.25, 0.3) is 16.7 Å². The molecule has 1 aromatic carbocycles. The van der Waals surface area contributed by atoms with Crippen LogP contribution < -0.4 is 5.32 Å². The summed E-state index contributed by atoms with van der Waals surface area (Å²) in [6, 6.07) is 5.68. The van der Waals surface area contributed by atoms with E-state index in [1.165, 1.54) is 16.9 Å². The average Bonchev–Trinajstić information content (AvgIpc) is 3.51. The highest BCUT2D eigenvalue weighted by Gasteiger charge is 2.34. The monoisotopic (exact) mass is 525 g/mol. The van der Waals surface area contributed by atoms with Gasteiger partial charge in [0.1, 0.15) is 5.82 Å². The zero-order chi connectivity index (χ0) is 26.4. The molecule has 3 aromatic heterocycles. The van der Waals surface area contributed by atoms with E-state index < -0.39 is 11.7 Å². The third-order valence-electron chi connectivity index (χ3n) is 7.44. The molecule has 6 rings (SSSR count). The molecule has 1 amide bonds. The number of hydrogen-bond acceptors (Lipinski definition) is 7. The van der Waals surface area contributed by atoms with Crippen LogP contribution in [0.1, 0.15) is 42.9 Å². The number of halogens is 3. The standard InChI is InChI=1S/C25H26F3N9O/c1-15-33-34-22-14-35(11-12-36(15)22)23(38)16-5-7-17(8-6-16)31-24-29-10-9-21(32-24)37-20-4-2-3-19(25(26,27)28)18(20)13-30-37/h2-4,9-10,13,16-17H,5-8,11-12,14H2,1H3,(H,29,31,32). The molecule has 10 nitrogen and oxygen atoms in total. The van der Waals surface area contributed by atoms with E-state index in [2.05, 4.69) is 35.1 Å². The molecule has 2 aliphatic rings. The van der Waals surface area contributed by atoms with Crippen LogP contribution in [-0.2, 0) is 24.1 Å². The van der Waals surface area contributed by atoms with E-state index in [1.807, 2.05) is 11.8 Å².